The second-order valence-electron chi connectivity index (χ2n) is 6.78. The maximum absolute atomic E-state index is 12.8. The molecule has 0 spiro atoms. The number of aromatic nitrogens is 2. The maximum atomic E-state index is 12.8. The Kier molecular flexibility index (Phi) is 7.04. The molecule has 0 saturated carbocycles. The number of carbonyl (C=O) groups excluding carboxylic acids is 1. The van der Waals surface area contributed by atoms with Crippen LogP contribution >= 0.6 is 11.6 Å². The summed E-state index contributed by atoms with van der Waals surface area (Å²) in [6.45, 7) is 7.19. The smallest absolute Gasteiger partial charge is 0.322 e. The first kappa shape index (κ1) is 21.8. The SMILES string of the molecule is CCNc1cc(N2CCN(C(=O)Nc3cc(Cl)c(OC)cc3OC)CC2)nc(C)n1. The third kappa shape index (κ3) is 4.96. The van der Waals surface area contributed by atoms with Crippen molar-refractivity contribution in [2.45, 2.75) is 13.8 Å². The number of halogens is 1. The summed E-state index contributed by atoms with van der Waals surface area (Å²) < 4.78 is 10.5. The van der Waals surface area contributed by atoms with Crippen molar-refractivity contribution in [3.8, 4) is 11.5 Å². The highest BCUT2D eigenvalue weighted by Crippen LogP contribution is 2.36. The first-order valence-corrected chi connectivity index (χ1v) is 10.1. The van der Waals surface area contributed by atoms with Crippen LogP contribution in [0.4, 0.5) is 22.1 Å². The van der Waals surface area contributed by atoms with E-state index in [1.54, 1.807) is 17.0 Å². The Bertz CT molecular complexity index is 902. The molecule has 1 aromatic heterocycles. The summed E-state index contributed by atoms with van der Waals surface area (Å²) in [6, 6.07) is 5.01. The largest absolute Gasteiger partial charge is 0.495 e. The topological polar surface area (TPSA) is 91.9 Å². The average molecular weight is 435 g/mol. The number of amides is 2. The highest BCUT2D eigenvalue weighted by molar-refractivity contribution is 6.32. The van der Waals surface area contributed by atoms with Crippen LogP contribution in [0.5, 0.6) is 11.5 Å². The van der Waals surface area contributed by atoms with E-state index >= 15 is 0 Å². The average Bonchev–Trinajstić information content (AvgIpc) is 2.74. The molecule has 1 saturated heterocycles. The molecule has 0 aliphatic carbocycles. The molecule has 0 radical (unpaired) electrons. The highest BCUT2D eigenvalue weighted by atomic mass is 35.5. The van der Waals surface area contributed by atoms with Gasteiger partial charge >= 0.3 is 6.03 Å². The van der Waals surface area contributed by atoms with E-state index in [0.717, 1.165) is 18.2 Å². The fraction of sp³-hybridized carbons (Fsp3) is 0.450. The van der Waals surface area contributed by atoms with Crippen LogP contribution in [0.2, 0.25) is 5.02 Å². The van der Waals surface area contributed by atoms with Gasteiger partial charge in [-0.05, 0) is 19.9 Å². The number of aryl methyl sites for hydroxylation is 1. The second kappa shape index (κ2) is 9.71. The van der Waals surface area contributed by atoms with Gasteiger partial charge in [-0.2, -0.15) is 0 Å². The summed E-state index contributed by atoms with van der Waals surface area (Å²) in [7, 11) is 3.06. The first-order chi connectivity index (χ1) is 14.4. The first-order valence-electron chi connectivity index (χ1n) is 9.77. The fourth-order valence-electron chi connectivity index (χ4n) is 3.28. The van der Waals surface area contributed by atoms with Crippen LogP contribution in [0.15, 0.2) is 18.2 Å². The van der Waals surface area contributed by atoms with Gasteiger partial charge < -0.3 is 29.9 Å². The summed E-state index contributed by atoms with van der Waals surface area (Å²) in [4.78, 5) is 25.6. The number of piperazine rings is 1. The molecule has 0 bridgehead atoms. The van der Waals surface area contributed by atoms with E-state index < -0.39 is 0 Å². The van der Waals surface area contributed by atoms with Crippen LogP contribution in [-0.4, -0.2) is 67.8 Å². The lowest BCUT2D eigenvalue weighted by molar-refractivity contribution is 0.208. The van der Waals surface area contributed by atoms with Gasteiger partial charge in [-0.1, -0.05) is 11.6 Å². The number of ether oxygens (including phenoxy) is 2. The highest BCUT2D eigenvalue weighted by Gasteiger charge is 2.23. The van der Waals surface area contributed by atoms with E-state index in [2.05, 4.69) is 25.5 Å². The minimum atomic E-state index is -0.207. The molecule has 9 nitrogen and oxygen atoms in total. The van der Waals surface area contributed by atoms with Gasteiger partial charge in [-0.3, -0.25) is 0 Å². The lowest BCUT2D eigenvalue weighted by Crippen LogP contribution is -2.50. The van der Waals surface area contributed by atoms with Crippen LogP contribution in [0.3, 0.4) is 0 Å². The van der Waals surface area contributed by atoms with Crippen molar-refractivity contribution in [1.29, 1.82) is 0 Å². The predicted octanol–water partition coefficient (Wildman–Crippen LogP) is 3.24. The number of anilines is 3. The number of nitrogens with one attached hydrogen (secondary N) is 2. The molecule has 1 aliphatic heterocycles. The van der Waals surface area contributed by atoms with Crippen LogP contribution in [-0.2, 0) is 0 Å². The molecule has 0 unspecified atom stereocenters. The monoisotopic (exact) mass is 434 g/mol. The second-order valence-corrected chi connectivity index (χ2v) is 7.19. The van der Waals surface area contributed by atoms with Crippen molar-refractivity contribution in [2.75, 3.05) is 62.5 Å². The molecule has 1 fully saturated rings. The third-order valence-electron chi connectivity index (χ3n) is 4.79. The molecule has 162 valence electrons. The summed E-state index contributed by atoms with van der Waals surface area (Å²) in [5, 5.41) is 6.50. The van der Waals surface area contributed by atoms with Crippen molar-refractivity contribution in [3.05, 3.63) is 29.0 Å². The summed E-state index contributed by atoms with van der Waals surface area (Å²) >= 11 is 6.19. The third-order valence-corrected chi connectivity index (χ3v) is 5.08. The molecule has 1 aromatic carbocycles. The Balaban J connectivity index is 1.64. The van der Waals surface area contributed by atoms with E-state index in [9.17, 15) is 4.79 Å². The normalized spacial score (nSPS) is 13.8. The van der Waals surface area contributed by atoms with Gasteiger partial charge in [-0.25, -0.2) is 14.8 Å². The van der Waals surface area contributed by atoms with Gasteiger partial charge in [-0.15, -0.1) is 0 Å². The quantitative estimate of drug-likeness (QED) is 0.721. The Morgan fingerprint density at radius 2 is 1.80 bits per heavy atom. The number of hydrogen-bond donors (Lipinski definition) is 2. The van der Waals surface area contributed by atoms with Crippen LogP contribution in [0.25, 0.3) is 0 Å². The van der Waals surface area contributed by atoms with E-state index in [1.807, 2.05) is 19.9 Å². The van der Waals surface area contributed by atoms with Crippen molar-refractivity contribution in [3.63, 3.8) is 0 Å². The minimum absolute atomic E-state index is 0.207. The fourth-order valence-corrected chi connectivity index (χ4v) is 3.52. The molecular weight excluding hydrogens is 408 g/mol. The van der Waals surface area contributed by atoms with E-state index in [1.165, 1.54) is 14.2 Å². The standard InChI is InChI=1S/C20H27ClN6O3/c1-5-22-18-12-19(24-13(2)23-18)26-6-8-27(9-7-26)20(28)25-15-10-14(21)16(29-3)11-17(15)30-4/h10-12H,5-9H2,1-4H3,(H,25,28)(H,22,23,24). The van der Waals surface area contributed by atoms with Crippen molar-refractivity contribution in [2.24, 2.45) is 0 Å². The molecular formula is C20H27ClN6O3. The molecule has 10 heteroatoms. The van der Waals surface area contributed by atoms with Gasteiger partial charge in [0.05, 0.1) is 24.9 Å². The molecule has 30 heavy (non-hydrogen) atoms. The van der Waals surface area contributed by atoms with E-state index in [4.69, 9.17) is 21.1 Å². The molecule has 2 heterocycles. The van der Waals surface area contributed by atoms with Gasteiger partial charge in [0.15, 0.2) is 0 Å². The molecule has 2 aromatic rings. The maximum Gasteiger partial charge on any atom is 0.322 e. The van der Waals surface area contributed by atoms with Crippen molar-refractivity contribution in [1.82, 2.24) is 14.9 Å². The molecule has 2 amide bonds. The Morgan fingerprint density at radius 3 is 2.43 bits per heavy atom. The Morgan fingerprint density at radius 1 is 1.10 bits per heavy atom. The number of methoxy groups -OCH3 is 2. The number of benzene rings is 1. The number of hydrogen-bond acceptors (Lipinski definition) is 7. The lowest BCUT2D eigenvalue weighted by atomic mass is 10.2. The van der Waals surface area contributed by atoms with Gasteiger partial charge in [0.1, 0.15) is 29.0 Å². The molecule has 3 rings (SSSR count). The van der Waals surface area contributed by atoms with E-state index in [-0.39, 0.29) is 6.03 Å². The molecule has 2 N–H and O–H groups in total. The zero-order valence-electron chi connectivity index (χ0n) is 17.7. The summed E-state index contributed by atoms with van der Waals surface area (Å²) in [5.74, 6) is 3.35. The van der Waals surface area contributed by atoms with Crippen LogP contribution < -0.4 is 25.0 Å². The van der Waals surface area contributed by atoms with Crippen LogP contribution in [0, 0.1) is 6.92 Å². The number of rotatable bonds is 6. The lowest BCUT2D eigenvalue weighted by Gasteiger charge is -2.35. The number of nitrogens with zero attached hydrogens (tertiary/aromatic N) is 4. The predicted molar refractivity (Wildman–Crippen MR) is 118 cm³/mol. The molecule has 0 atom stereocenters. The number of urea groups is 1. The number of carbonyl (C=O) groups is 1. The summed E-state index contributed by atoms with van der Waals surface area (Å²) in [6.07, 6.45) is 0. The van der Waals surface area contributed by atoms with Crippen molar-refractivity contribution < 1.29 is 14.3 Å². The minimum Gasteiger partial charge on any atom is -0.495 e. The zero-order valence-corrected chi connectivity index (χ0v) is 18.4. The summed E-state index contributed by atoms with van der Waals surface area (Å²) in [5.41, 5.74) is 0.498. The van der Waals surface area contributed by atoms with Gasteiger partial charge in [0.2, 0.25) is 0 Å². The van der Waals surface area contributed by atoms with E-state index in [0.29, 0.717) is 54.2 Å². The zero-order chi connectivity index (χ0) is 21.7. The Hall–Kier alpha value is -2.94. The van der Waals surface area contributed by atoms with Crippen molar-refractivity contribution >= 4 is 35.0 Å². The van der Waals surface area contributed by atoms with Crippen LogP contribution in [0.1, 0.15) is 12.7 Å². The Labute approximate surface area is 181 Å². The van der Waals surface area contributed by atoms with Gasteiger partial charge in [0, 0.05) is 44.9 Å². The van der Waals surface area contributed by atoms with Gasteiger partial charge in [0.25, 0.3) is 0 Å². The molecule has 1 aliphatic rings.